The zero-order valence-corrected chi connectivity index (χ0v) is 9.66. The molecular weight excluding hydrogens is 247 g/mol. The van der Waals surface area contributed by atoms with Gasteiger partial charge in [0.05, 0.1) is 0 Å². The molecule has 1 unspecified atom stereocenters. The topological polar surface area (TPSA) is 84.2 Å². The zero-order valence-electron chi connectivity index (χ0n) is 8.84. The molecule has 0 aromatic rings. The van der Waals surface area contributed by atoms with Gasteiger partial charge in [-0.1, -0.05) is 0 Å². The van der Waals surface area contributed by atoms with Gasteiger partial charge >= 0.3 is 6.18 Å². The Morgan fingerprint density at radius 2 is 1.88 bits per heavy atom. The van der Waals surface area contributed by atoms with Gasteiger partial charge in [-0.2, -0.15) is 26.3 Å². The van der Waals surface area contributed by atoms with Gasteiger partial charge in [0, 0.05) is 12.6 Å². The third-order valence-electron chi connectivity index (χ3n) is 1.59. The number of hydrogen-bond donors (Lipinski definition) is 3. The second kappa shape index (κ2) is 6.38. The quantitative estimate of drug-likeness (QED) is 0.570. The summed E-state index contributed by atoms with van der Waals surface area (Å²) in [5, 5.41) is 0. The Labute approximate surface area is 92.8 Å². The summed E-state index contributed by atoms with van der Waals surface area (Å²) in [7, 11) is -4.07. The van der Waals surface area contributed by atoms with Crippen molar-refractivity contribution in [3.63, 3.8) is 0 Å². The molecule has 0 radical (unpaired) electrons. The molecule has 0 saturated heterocycles. The first-order valence-electron chi connectivity index (χ1n) is 4.69. The fourth-order valence-corrected chi connectivity index (χ4v) is 1.73. The maximum atomic E-state index is 11.7. The van der Waals surface area contributed by atoms with E-state index in [4.69, 9.17) is 5.73 Å². The van der Waals surface area contributed by atoms with Crippen LogP contribution in [0.1, 0.15) is 19.8 Å². The maximum Gasteiger partial charge on any atom is 0.402 e. The van der Waals surface area contributed by atoms with Crippen LogP contribution in [0.2, 0.25) is 0 Å². The summed E-state index contributed by atoms with van der Waals surface area (Å²) in [5.74, 6) is 0. The molecule has 0 heterocycles. The van der Waals surface area contributed by atoms with E-state index in [1.54, 1.807) is 6.92 Å². The first-order chi connectivity index (χ1) is 7.12. The van der Waals surface area contributed by atoms with Crippen molar-refractivity contribution in [2.45, 2.75) is 32.0 Å². The van der Waals surface area contributed by atoms with Gasteiger partial charge in [0.25, 0.3) is 10.2 Å². The van der Waals surface area contributed by atoms with Gasteiger partial charge in [0.1, 0.15) is 6.54 Å². The standard InChI is InChI=1S/C7H16F3N3O2S/c1-6(11)3-2-4-12-16(14,15)13-5-7(8,9)10/h6,12-13H,2-5,11H2,1H3. The fraction of sp³-hybridized carbons (Fsp3) is 1.00. The number of alkyl halides is 3. The Hall–Kier alpha value is -0.380. The van der Waals surface area contributed by atoms with Crippen molar-refractivity contribution in [1.82, 2.24) is 9.44 Å². The van der Waals surface area contributed by atoms with Crippen molar-refractivity contribution in [2.24, 2.45) is 5.73 Å². The summed E-state index contributed by atoms with van der Waals surface area (Å²) in [6, 6.07) is -0.0624. The molecule has 1 atom stereocenters. The van der Waals surface area contributed by atoms with E-state index in [0.717, 1.165) is 0 Å². The molecular formula is C7H16F3N3O2S. The van der Waals surface area contributed by atoms with E-state index in [1.807, 2.05) is 4.72 Å². The molecule has 0 aromatic heterocycles. The van der Waals surface area contributed by atoms with Crippen LogP contribution in [0, 0.1) is 0 Å². The smallest absolute Gasteiger partial charge is 0.328 e. The molecule has 9 heteroatoms. The average molecular weight is 263 g/mol. The second-order valence-corrected chi connectivity index (χ2v) is 5.04. The highest BCUT2D eigenvalue weighted by molar-refractivity contribution is 7.87. The van der Waals surface area contributed by atoms with Gasteiger partial charge in [-0.25, -0.2) is 4.72 Å². The molecule has 0 saturated carbocycles. The van der Waals surface area contributed by atoms with Crippen LogP contribution < -0.4 is 15.2 Å². The van der Waals surface area contributed by atoms with Crippen LogP contribution in [0.5, 0.6) is 0 Å². The Morgan fingerprint density at radius 3 is 2.31 bits per heavy atom. The van der Waals surface area contributed by atoms with E-state index in [9.17, 15) is 21.6 Å². The lowest BCUT2D eigenvalue weighted by atomic mass is 10.2. The lowest BCUT2D eigenvalue weighted by Gasteiger charge is -2.10. The molecule has 0 aliphatic carbocycles. The molecule has 0 fully saturated rings. The third kappa shape index (κ3) is 10.1. The summed E-state index contributed by atoms with van der Waals surface area (Å²) >= 11 is 0. The summed E-state index contributed by atoms with van der Waals surface area (Å²) in [4.78, 5) is 0. The van der Waals surface area contributed by atoms with Crippen LogP contribution in [0.4, 0.5) is 13.2 Å². The van der Waals surface area contributed by atoms with Crippen molar-refractivity contribution in [3.8, 4) is 0 Å². The Kier molecular flexibility index (Phi) is 6.23. The van der Waals surface area contributed by atoms with Gasteiger partial charge in [-0.05, 0) is 19.8 Å². The van der Waals surface area contributed by atoms with E-state index in [0.29, 0.717) is 12.8 Å². The average Bonchev–Trinajstić information content (AvgIpc) is 2.08. The molecule has 98 valence electrons. The van der Waals surface area contributed by atoms with Crippen molar-refractivity contribution in [1.29, 1.82) is 0 Å². The Balaban J connectivity index is 3.80. The van der Waals surface area contributed by atoms with Crippen molar-refractivity contribution in [3.05, 3.63) is 0 Å². The largest absolute Gasteiger partial charge is 0.402 e. The van der Waals surface area contributed by atoms with Gasteiger partial charge in [-0.15, -0.1) is 0 Å². The Morgan fingerprint density at radius 1 is 1.31 bits per heavy atom. The number of hydrogen-bond acceptors (Lipinski definition) is 3. The van der Waals surface area contributed by atoms with E-state index in [2.05, 4.69) is 0 Å². The number of rotatable bonds is 7. The highest BCUT2D eigenvalue weighted by Gasteiger charge is 2.29. The molecule has 0 aromatic carbocycles. The van der Waals surface area contributed by atoms with Gasteiger partial charge in [-0.3, -0.25) is 0 Å². The Bertz CT molecular complexity index is 290. The number of halogens is 3. The van der Waals surface area contributed by atoms with Crippen LogP contribution in [0.25, 0.3) is 0 Å². The van der Waals surface area contributed by atoms with Crippen molar-refractivity contribution >= 4 is 10.2 Å². The van der Waals surface area contributed by atoms with E-state index < -0.39 is 22.9 Å². The van der Waals surface area contributed by atoms with Crippen LogP contribution in [0.3, 0.4) is 0 Å². The number of nitrogens with one attached hydrogen (secondary N) is 2. The first-order valence-corrected chi connectivity index (χ1v) is 6.17. The minimum Gasteiger partial charge on any atom is -0.328 e. The molecule has 0 amide bonds. The predicted octanol–water partition coefficient (Wildman–Crippen LogP) is 0.100. The lowest BCUT2D eigenvalue weighted by molar-refractivity contribution is -0.121. The highest BCUT2D eigenvalue weighted by atomic mass is 32.2. The molecule has 0 rings (SSSR count). The van der Waals surface area contributed by atoms with Crippen molar-refractivity contribution in [2.75, 3.05) is 13.1 Å². The van der Waals surface area contributed by atoms with Crippen molar-refractivity contribution < 1.29 is 21.6 Å². The SMILES string of the molecule is CC(N)CCCNS(=O)(=O)NCC(F)(F)F. The summed E-state index contributed by atoms with van der Waals surface area (Å²) in [6.07, 6.45) is -3.48. The van der Waals surface area contributed by atoms with Crippen LogP contribution in [-0.4, -0.2) is 33.7 Å². The van der Waals surface area contributed by atoms with Gasteiger partial charge < -0.3 is 5.73 Å². The summed E-state index contributed by atoms with van der Waals surface area (Å²) < 4.78 is 60.4. The zero-order chi connectivity index (χ0) is 12.8. The van der Waals surface area contributed by atoms with E-state index >= 15 is 0 Å². The van der Waals surface area contributed by atoms with Crippen LogP contribution in [0.15, 0.2) is 0 Å². The van der Waals surface area contributed by atoms with E-state index in [1.165, 1.54) is 4.72 Å². The molecule has 0 bridgehead atoms. The van der Waals surface area contributed by atoms with Gasteiger partial charge in [0.2, 0.25) is 0 Å². The van der Waals surface area contributed by atoms with Gasteiger partial charge in [0.15, 0.2) is 0 Å². The second-order valence-electron chi connectivity index (χ2n) is 3.45. The first kappa shape index (κ1) is 15.6. The normalized spacial score (nSPS) is 15.1. The third-order valence-corrected chi connectivity index (χ3v) is 2.70. The minimum atomic E-state index is -4.56. The number of nitrogens with two attached hydrogens (primary N) is 1. The minimum absolute atomic E-state index is 0.0624. The van der Waals surface area contributed by atoms with E-state index in [-0.39, 0.29) is 12.6 Å². The summed E-state index contributed by atoms with van der Waals surface area (Å²) in [6.45, 7) is 0.251. The molecule has 5 nitrogen and oxygen atoms in total. The monoisotopic (exact) mass is 263 g/mol. The maximum absolute atomic E-state index is 11.7. The predicted molar refractivity (Wildman–Crippen MR) is 53.9 cm³/mol. The highest BCUT2D eigenvalue weighted by Crippen LogP contribution is 2.12. The molecule has 16 heavy (non-hydrogen) atoms. The molecule has 0 spiro atoms. The summed E-state index contributed by atoms with van der Waals surface area (Å²) in [5.41, 5.74) is 5.42. The molecule has 0 aliphatic rings. The van der Waals surface area contributed by atoms with Crippen LogP contribution >= 0.6 is 0 Å². The fourth-order valence-electron chi connectivity index (χ4n) is 0.858. The molecule has 0 aliphatic heterocycles. The van der Waals surface area contributed by atoms with Crippen LogP contribution in [-0.2, 0) is 10.2 Å². The molecule has 4 N–H and O–H groups in total. The lowest BCUT2D eigenvalue weighted by Crippen LogP contribution is -2.41.